The van der Waals surface area contributed by atoms with Crippen LogP contribution in [0.25, 0.3) is 0 Å². The van der Waals surface area contributed by atoms with E-state index in [1.807, 2.05) is 30.9 Å². The van der Waals surface area contributed by atoms with Gasteiger partial charge in [0.05, 0.1) is 24.1 Å². The fraction of sp³-hybridized carbons (Fsp3) is 0.500. The van der Waals surface area contributed by atoms with Crippen molar-refractivity contribution in [2.45, 2.75) is 39.2 Å². The third-order valence-corrected chi connectivity index (χ3v) is 5.19. The van der Waals surface area contributed by atoms with Gasteiger partial charge in [0.2, 0.25) is 5.91 Å². The van der Waals surface area contributed by atoms with Gasteiger partial charge in [0, 0.05) is 0 Å². The molecule has 1 atom stereocenters. The molecule has 0 spiro atoms. The van der Waals surface area contributed by atoms with Crippen LogP contribution in [0.3, 0.4) is 0 Å². The molecule has 24 heavy (non-hydrogen) atoms. The lowest BCUT2D eigenvalue weighted by atomic mass is 9.96. The molecule has 2 aliphatic rings. The van der Waals surface area contributed by atoms with Crippen molar-refractivity contribution in [1.29, 1.82) is 0 Å². The number of piperidine rings is 1. The monoisotopic (exact) mass is 330 g/mol. The van der Waals surface area contributed by atoms with Gasteiger partial charge >= 0.3 is 5.97 Å². The Balaban J connectivity index is 1.75. The number of imide groups is 1. The van der Waals surface area contributed by atoms with E-state index in [1.165, 1.54) is 4.90 Å². The summed E-state index contributed by atoms with van der Waals surface area (Å²) in [7, 11) is 0. The number of hydrogen-bond donors (Lipinski definition) is 1. The van der Waals surface area contributed by atoms with Gasteiger partial charge in [0.1, 0.15) is 0 Å². The molecule has 1 N–H and O–H groups in total. The smallest absolute Gasteiger partial charge is 0.306 e. The van der Waals surface area contributed by atoms with E-state index < -0.39 is 12.0 Å². The predicted octanol–water partition coefficient (Wildman–Crippen LogP) is 1.73. The quantitative estimate of drug-likeness (QED) is 0.854. The molecule has 2 amide bonds. The summed E-state index contributed by atoms with van der Waals surface area (Å²) in [6.45, 7) is 5.03. The summed E-state index contributed by atoms with van der Waals surface area (Å²) in [5, 5.41) is 9.08. The third kappa shape index (κ3) is 2.94. The number of anilines is 1. The van der Waals surface area contributed by atoms with Crippen LogP contribution in [0.15, 0.2) is 18.2 Å². The summed E-state index contributed by atoms with van der Waals surface area (Å²) in [6.07, 6.45) is 1.22. The molecule has 0 aliphatic carbocycles. The Kier molecular flexibility index (Phi) is 4.41. The van der Waals surface area contributed by atoms with Crippen molar-refractivity contribution in [3.8, 4) is 0 Å². The first-order valence-electron chi connectivity index (χ1n) is 8.29. The standard InChI is InChI=1S/C18H22N2O4/c1-11-3-4-14(9-12(11)2)20-16(21)10-15(17(20)22)19-7-5-13(6-8-19)18(23)24/h3-4,9,13,15H,5-8,10H2,1-2H3,(H,23,24)/t15-/m1/s1. The molecule has 128 valence electrons. The summed E-state index contributed by atoms with van der Waals surface area (Å²) in [5.74, 6) is -1.50. The Hall–Kier alpha value is -2.21. The molecule has 2 saturated heterocycles. The number of carboxylic acid groups (broad SMARTS) is 1. The molecular formula is C18H22N2O4. The number of aryl methyl sites for hydroxylation is 2. The zero-order valence-corrected chi connectivity index (χ0v) is 14.0. The normalized spacial score (nSPS) is 23.1. The van der Waals surface area contributed by atoms with Gasteiger partial charge in [-0.1, -0.05) is 6.07 Å². The van der Waals surface area contributed by atoms with Crippen LogP contribution in [0.2, 0.25) is 0 Å². The number of nitrogens with zero attached hydrogens (tertiary/aromatic N) is 2. The number of aliphatic carboxylic acids is 1. The summed E-state index contributed by atoms with van der Waals surface area (Å²) >= 11 is 0. The molecule has 0 unspecified atom stereocenters. The van der Waals surface area contributed by atoms with Gasteiger partial charge in [0.25, 0.3) is 5.91 Å². The Morgan fingerprint density at radius 2 is 1.79 bits per heavy atom. The van der Waals surface area contributed by atoms with Crippen LogP contribution in [-0.4, -0.2) is 46.9 Å². The number of carbonyl (C=O) groups excluding carboxylic acids is 2. The van der Waals surface area contributed by atoms with Crippen molar-refractivity contribution >= 4 is 23.5 Å². The lowest BCUT2D eigenvalue weighted by Crippen LogP contribution is -2.46. The lowest BCUT2D eigenvalue weighted by Gasteiger charge is -2.33. The molecule has 0 bridgehead atoms. The molecule has 3 rings (SSSR count). The first kappa shape index (κ1) is 16.6. The van der Waals surface area contributed by atoms with E-state index in [0.29, 0.717) is 31.6 Å². The Morgan fingerprint density at radius 3 is 2.38 bits per heavy atom. The molecule has 1 aromatic rings. The highest BCUT2D eigenvalue weighted by molar-refractivity contribution is 6.22. The lowest BCUT2D eigenvalue weighted by molar-refractivity contribution is -0.143. The average Bonchev–Trinajstić information content (AvgIpc) is 2.85. The van der Waals surface area contributed by atoms with E-state index in [4.69, 9.17) is 5.11 Å². The van der Waals surface area contributed by atoms with Crippen LogP contribution in [0.1, 0.15) is 30.4 Å². The highest BCUT2D eigenvalue weighted by Gasteiger charge is 2.43. The van der Waals surface area contributed by atoms with E-state index in [9.17, 15) is 14.4 Å². The minimum absolute atomic E-state index is 0.170. The fourth-order valence-electron chi connectivity index (χ4n) is 3.50. The molecule has 6 nitrogen and oxygen atoms in total. The van der Waals surface area contributed by atoms with Crippen molar-refractivity contribution in [2.75, 3.05) is 18.0 Å². The maximum Gasteiger partial charge on any atom is 0.306 e. The maximum atomic E-state index is 12.8. The van der Waals surface area contributed by atoms with E-state index in [-0.39, 0.29) is 24.2 Å². The third-order valence-electron chi connectivity index (χ3n) is 5.19. The Labute approximate surface area is 141 Å². The molecule has 2 aliphatic heterocycles. The molecule has 0 saturated carbocycles. The van der Waals surface area contributed by atoms with Crippen molar-refractivity contribution in [3.63, 3.8) is 0 Å². The van der Waals surface area contributed by atoms with Gasteiger partial charge in [-0.3, -0.25) is 19.3 Å². The van der Waals surface area contributed by atoms with Crippen LogP contribution in [0.4, 0.5) is 5.69 Å². The van der Waals surface area contributed by atoms with E-state index in [1.54, 1.807) is 6.07 Å². The van der Waals surface area contributed by atoms with Gasteiger partial charge in [0.15, 0.2) is 0 Å². The minimum atomic E-state index is -0.778. The zero-order chi connectivity index (χ0) is 17.4. The van der Waals surface area contributed by atoms with E-state index in [2.05, 4.69) is 0 Å². The van der Waals surface area contributed by atoms with Crippen molar-refractivity contribution in [3.05, 3.63) is 29.3 Å². The fourth-order valence-corrected chi connectivity index (χ4v) is 3.50. The molecule has 0 radical (unpaired) electrons. The number of likely N-dealkylation sites (tertiary alicyclic amines) is 1. The van der Waals surface area contributed by atoms with Crippen LogP contribution in [0.5, 0.6) is 0 Å². The van der Waals surface area contributed by atoms with Crippen LogP contribution >= 0.6 is 0 Å². The summed E-state index contributed by atoms with van der Waals surface area (Å²) < 4.78 is 0. The first-order chi connectivity index (χ1) is 11.4. The summed E-state index contributed by atoms with van der Waals surface area (Å²) in [6, 6.07) is 5.12. The van der Waals surface area contributed by atoms with Crippen molar-refractivity contribution in [1.82, 2.24) is 4.90 Å². The van der Waals surface area contributed by atoms with Crippen molar-refractivity contribution < 1.29 is 19.5 Å². The summed E-state index contributed by atoms with van der Waals surface area (Å²) in [4.78, 5) is 39.5. The molecule has 0 aromatic heterocycles. The molecule has 2 heterocycles. The highest BCUT2D eigenvalue weighted by Crippen LogP contribution is 2.29. The number of benzene rings is 1. The van der Waals surface area contributed by atoms with Gasteiger partial charge in [-0.15, -0.1) is 0 Å². The number of amides is 2. The van der Waals surface area contributed by atoms with Crippen LogP contribution in [0, 0.1) is 19.8 Å². The number of hydrogen-bond acceptors (Lipinski definition) is 4. The highest BCUT2D eigenvalue weighted by atomic mass is 16.4. The SMILES string of the molecule is Cc1ccc(N2C(=O)C[C@@H](N3CCC(C(=O)O)CC3)C2=O)cc1C. The Morgan fingerprint density at radius 1 is 1.12 bits per heavy atom. The van der Waals surface area contributed by atoms with E-state index in [0.717, 1.165) is 11.1 Å². The molecule has 2 fully saturated rings. The van der Waals surface area contributed by atoms with E-state index >= 15 is 0 Å². The second-order valence-corrected chi connectivity index (χ2v) is 6.70. The first-order valence-corrected chi connectivity index (χ1v) is 8.29. The second kappa shape index (κ2) is 6.36. The Bertz CT molecular complexity index is 692. The second-order valence-electron chi connectivity index (χ2n) is 6.70. The average molecular weight is 330 g/mol. The zero-order valence-electron chi connectivity index (χ0n) is 14.0. The van der Waals surface area contributed by atoms with Crippen LogP contribution in [-0.2, 0) is 14.4 Å². The maximum absolute atomic E-state index is 12.8. The number of carbonyl (C=O) groups is 3. The summed E-state index contributed by atoms with van der Waals surface area (Å²) in [5.41, 5.74) is 2.78. The largest absolute Gasteiger partial charge is 0.481 e. The predicted molar refractivity (Wildman–Crippen MR) is 88.7 cm³/mol. The van der Waals surface area contributed by atoms with Gasteiger partial charge in [-0.2, -0.15) is 0 Å². The van der Waals surface area contributed by atoms with Gasteiger partial charge in [-0.25, -0.2) is 4.90 Å². The molecular weight excluding hydrogens is 308 g/mol. The van der Waals surface area contributed by atoms with Gasteiger partial charge < -0.3 is 5.11 Å². The van der Waals surface area contributed by atoms with Gasteiger partial charge in [-0.05, 0) is 63.0 Å². The number of carboxylic acids is 1. The molecule has 6 heteroatoms. The number of rotatable bonds is 3. The topological polar surface area (TPSA) is 77.9 Å². The molecule has 1 aromatic carbocycles. The van der Waals surface area contributed by atoms with Crippen molar-refractivity contribution in [2.24, 2.45) is 5.92 Å². The minimum Gasteiger partial charge on any atom is -0.481 e. The van der Waals surface area contributed by atoms with Crippen LogP contribution < -0.4 is 4.90 Å².